The molecule has 0 radical (unpaired) electrons. The van der Waals surface area contributed by atoms with Crippen LogP contribution < -0.4 is 10.6 Å². The number of fused-ring (bicyclic) bond motifs is 1. The molecule has 0 saturated carbocycles. The van der Waals surface area contributed by atoms with E-state index in [4.69, 9.17) is 4.52 Å². The number of amides is 1. The second kappa shape index (κ2) is 4.81. The van der Waals surface area contributed by atoms with Crippen molar-refractivity contribution in [2.45, 2.75) is 19.9 Å². The van der Waals surface area contributed by atoms with Gasteiger partial charge in [0, 0.05) is 19.2 Å². The monoisotopic (exact) mass is 258 g/mol. The van der Waals surface area contributed by atoms with Crippen LogP contribution in [-0.4, -0.2) is 22.6 Å². The summed E-state index contributed by atoms with van der Waals surface area (Å²) in [6, 6.07) is 5.93. The molecule has 0 spiro atoms. The maximum atomic E-state index is 11.9. The van der Waals surface area contributed by atoms with Gasteiger partial charge in [-0.1, -0.05) is 11.2 Å². The molecule has 2 N–H and O–H groups in total. The fraction of sp³-hybridized carbons (Fsp3) is 0.308. The van der Waals surface area contributed by atoms with Crippen LogP contribution in [0.5, 0.6) is 0 Å². The molecule has 0 aliphatic carbocycles. The number of carbonyl (C=O) groups excluding carboxylic acids is 1. The molecule has 3 rings (SSSR count). The summed E-state index contributed by atoms with van der Waals surface area (Å²) in [5.74, 6) is 0.0636. The molecule has 0 fully saturated rings. The van der Waals surface area contributed by atoms with Crippen molar-refractivity contribution in [3.8, 4) is 0 Å². The molecular formula is C13H14N4O2. The maximum absolute atomic E-state index is 11.9. The zero-order valence-corrected chi connectivity index (χ0v) is 10.6. The van der Waals surface area contributed by atoms with Gasteiger partial charge in [-0.15, -0.1) is 0 Å². The lowest BCUT2D eigenvalue weighted by molar-refractivity contribution is 0.101. The summed E-state index contributed by atoms with van der Waals surface area (Å²) in [4.78, 5) is 15.8. The van der Waals surface area contributed by atoms with Gasteiger partial charge in [-0.25, -0.2) is 0 Å². The zero-order chi connectivity index (χ0) is 13.2. The fourth-order valence-corrected chi connectivity index (χ4v) is 2.14. The molecule has 0 saturated heterocycles. The molecule has 2 aromatic rings. The average molecular weight is 258 g/mol. The van der Waals surface area contributed by atoms with Gasteiger partial charge in [-0.3, -0.25) is 4.79 Å². The van der Waals surface area contributed by atoms with E-state index in [1.54, 1.807) is 6.92 Å². The van der Waals surface area contributed by atoms with Crippen LogP contribution in [0.1, 0.15) is 27.6 Å². The maximum Gasteiger partial charge on any atom is 0.297 e. The number of aromatic nitrogens is 2. The fourth-order valence-electron chi connectivity index (χ4n) is 2.14. The Labute approximate surface area is 110 Å². The predicted octanol–water partition coefficient (Wildman–Crippen LogP) is 1.28. The Morgan fingerprint density at radius 3 is 3.11 bits per heavy atom. The molecule has 98 valence electrons. The Kier molecular flexibility index (Phi) is 3.00. The Bertz CT molecular complexity index is 621. The van der Waals surface area contributed by atoms with Gasteiger partial charge < -0.3 is 15.2 Å². The molecule has 0 bridgehead atoms. The van der Waals surface area contributed by atoms with Crippen LogP contribution in [0.4, 0.5) is 5.69 Å². The highest BCUT2D eigenvalue weighted by molar-refractivity contribution is 6.01. The molecule has 6 heteroatoms. The molecule has 1 aliphatic heterocycles. The molecular weight excluding hydrogens is 244 g/mol. The Morgan fingerprint density at radius 1 is 1.42 bits per heavy atom. The lowest BCUT2D eigenvalue weighted by Crippen LogP contribution is -2.23. The summed E-state index contributed by atoms with van der Waals surface area (Å²) in [7, 11) is 0. The number of benzene rings is 1. The Balaban J connectivity index is 1.78. The predicted molar refractivity (Wildman–Crippen MR) is 68.8 cm³/mol. The first-order valence-electron chi connectivity index (χ1n) is 6.16. The number of anilines is 1. The molecule has 1 aliphatic rings. The van der Waals surface area contributed by atoms with Crippen molar-refractivity contribution in [3.05, 3.63) is 41.0 Å². The summed E-state index contributed by atoms with van der Waals surface area (Å²) in [5.41, 5.74) is 3.29. The van der Waals surface area contributed by atoms with Crippen molar-refractivity contribution in [2.75, 3.05) is 11.9 Å². The molecule has 2 heterocycles. The number of hydrogen-bond donors (Lipinski definition) is 2. The smallest absolute Gasteiger partial charge is 0.297 e. The van der Waals surface area contributed by atoms with Gasteiger partial charge in [0.1, 0.15) is 0 Å². The Morgan fingerprint density at radius 2 is 2.32 bits per heavy atom. The molecule has 6 nitrogen and oxygen atoms in total. The first-order chi connectivity index (χ1) is 9.22. The highest BCUT2D eigenvalue weighted by atomic mass is 16.5. The summed E-state index contributed by atoms with van der Waals surface area (Å²) in [6.45, 7) is 3.48. The molecule has 1 amide bonds. The largest absolute Gasteiger partial charge is 0.339 e. The van der Waals surface area contributed by atoms with E-state index >= 15 is 0 Å². The van der Waals surface area contributed by atoms with Crippen molar-refractivity contribution in [1.29, 1.82) is 0 Å². The van der Waals surface area contributed by atoms with Gasteiger partial charge in [0.25, 0.3) is 11.7 Å². The first kappa shape index (κ1) is 11.9. The minimum Gasteiger partial charge on any atom is -0.339 e. The molecule has 1 aromatic heterocycles. The highest BCUT2D eigenvalue weighted by Crippen LogP contribution is 2.19. The lowest BCUT2D eigenvalue weighted by Gasteiger charge is -2.17. The van der Waals surface area contributed by atoms with Crippen LogP contribution in [-0.2, 0) is 13.0 Å². The van der Waals surface area contributed by atoms with Crippen LogP contribution >= 0.6 is 0 Å². The van der Waals surface area contributed by atoms with E-state index in [1.807, 2.05) is 18.2 Å². The quantitative estimate of drug-likeness (QED) is 0.848. The second-order valence-corrected chi connectivity index (χ2v) is 4.50. The minimum absolute atomic E-state index is 0.0494. The van der Waals surface area contributed by atoms with Crippen molar-refractivity contribution in [2.24, 2.45) is 0 Å². The minimum atomic E-state index is -0.361. The van der Waals surface area contributed by atoms with E-state index in [0.717, 1.165) is 25.2 Å². The SMILES string of the molecule is Cc1nc(C(=O)Nc2ccc3c(c2)CNCC3)no1. The number of nitrogens with zero attached hydrogens (tertiary/aromatic N) is 2. The summed E-state index contributed by atoms with van der Waals surface area (Å²) >= 11 is 0. The number of rotatable bonds is 2. The van der Waals surface area contributed by atoms with E-state index in [2.05, 4.69) is 20.8 Å². The van der Waals surface area contributed by atoms with Crippen LogP contribution in [0.15, 0.2) is 22.7 Å². The van der Waals surface area contributed by atoms with Crippen molar-refractivity contribution < 1.29 is 9.32 Å². The lowest BCUT2D eigenvalue weighted by atomic mass is 10.0. The Hall–Kier alpha value is -2.21. The average Bonchev–Trinajstić information content (AvgIpc) is 2.85. The first-order valence-corrected chi connectivity index (χ1v) is 6.16. The highest BCUT2D eigenvalue weighted by Gasteiger charge is 2.14. The molecule has 0 atom stereocenters. The number of carbonyl (C=O) groups is 1. The van der Waals surface area contributed by atoms with Gasteiger partial charge >= 0.3 is 0 Å². The van der Waals surface area contributed by atoms with Gasteiger partial charge in [0.2, 0.25) is 5.89 Å². The zero-order valence-electron chi connectivity index (χ0n) is 10.6. The van der Waals surface area contributed by atoms with E-state index in [1.165, 1.54) is 11.1 Å². The van der Waals surface area contributed by atoms with Crippen LogP contribution in [0, 0.1) is 6.92 Å². The van der Waals surface area contributed by atoms with Gasteiger partial charge in [-0.05, 0) is 36.2 Å². The number of hydrogen-bond acceptors (Lipinski definition) is 5. The van der Waals surface area contributed by atoms with Gasteiger partial charge in [-0.2, -0.15) is 4.98 Å². The van der Waals surface area contributed by atoms with Gasteiger partial charge in [0.15, 0.2) is 0 Å². The van der Waals surface area contributed by atoms with E-state index in [-0.39, 0.29) is 11.7 Å². The second-order valence-electron chi connectivity index (χ2n) is 4.50. The van der Waals surface area contributed by atoms with Crippen LogP contribution in [0.25, 0.3) is 0 Å². The van der Waals surface area contributed by atoms with Crippen LogP contribution in [0.2, 0.25) is 0 Å². The van der Waals surface area contributed by atoms with Crippen molar-refractivity contribution in [1.82, 2.24) is 15.5 Å². The van der Waals surface area contributed by atoms with Crippen molar-refractivity contribution >= 4 is 11.6 Å². The molecule has 1 aromatic carbocycles. The third-order valence-corrected chi connectivity index (χ3v) is 3.08. The topological polar surface area (TPSA) is 80.0 Å². The summed E-state index contributed by atoms with van der Waals surface area (Å²) in [5, 5.41) is 9.66. The molecule has 0 unspecified atom stereocenters. The third kappa shape index (κ3) is 2.48. The van der Waals surface area contributed by atoms with E-state index in [9.17, 15) is 4.79 Å². The van der Waals surface area contributed by atoms with Crippen LogP contribution in [0.3, 0.4) is 0 Å². The normalized spacial score (nSPS) is 13.9. The molecule has 19 heavy (non-hydrogen) atoms. The third-order valence-electron chi connectivity index (χ3n) is 3.08. The van der Waals surface area contributed by atoms with Crippen molar-refractivity contribution in [3.63, 3.8) is 0 Å². The summed E-state index contributed by atoms with van der Waals surface area (Å²) < 4.78 is 4.78. The standard InChI is InChI=1S/C13H14N4O2/c1-8-15-12(17-19-8)13(18)16-11-3-2-9-4-5-14-7-10(9)6-11/h2-3,6,14H,4-5,7H2,1H3,(H,16,18). The van der Waals surface area contributed by atoms with E-state index in [0.29, 0.717) is 5.89 Å². The summed E-state index contributed by atoms with van der Waals surface area (Å²) in [6.07, 6.45) is 1.02. The van der Waals surface area contributed by atoms with E-state index < -0.39 is 0 Å². The number of aryl methyl sites for hydroxylation is 1. The van der Waals surface area contributed by atoms with Gasteiger partial charge in [0.05, 0.1) is 0 Å². The number of nitrogens with one attached hydrogen (secondary N) is 2.